The first-order valence-corrected chi connectivity index (χ1v) is 4.23. The predicted octanol–water partition coefficient (Wildman–Crippen LogP) is 0.129. The summed E-state index contributed by atoms with van der Waals surface area (Å²) in [7, 11) is 0. The third kappa shape index (κ3) is 5.49. The summed E-state index contributed by atoms with van der Waals surface area (Å²) in [6.45, 7) is 4.16. The Hall–Kier alpha value is -0.160. The van der Waals surface area contributed by atoms with Crippen molar-refractivity contribution in [3.05, 3.63) is 0 Å². The van der Waals surface area contributed by atoms with E-state index in [1.165, 1.54) is 0 Å². The summed E-state index contributed by atoms with van der Waals surface area (Å²) in [5.74, 6) is 0. The largest absolute Gasteiger partial charge is 0.396 e. The van der Waals surface area contributed by atoms with Crippen molar-refractivity contribution in [2.45, 2.75) is 32.7 Å². The van der Waals surface area contributed by atoms with Crippen LogP contribution in [0.25, 0.3) is 0 Å². The van der Waals surface area contributed by atoms with Crippen LogP contribution >= 0.6 is 0 Å². The van der Waals surface area contributed by atoms with Gasteiger partial charge in [0, 0.05) is 13.2 Å². The zero-order valence-corrected chi connectivity index (χ0v) is 7.69. The molecule has 0 spiro atoms. The summed E-state index contributed by atoms with van der Waals surface area (Å²) in [5.41, 5.74) is 0. The van der Waals surface area contributed by atoms with Gasteiger partial charge >= 0.3 is 0 Å². The fraction of sp³-hybridized carbons (Fsp3) is 1.00. The highest BCUT2D eigenvalue weighted by molar-refractivity contribution is 4.54. The molecule has 1 unspecified atom stereocenters. The molecule has 0 aliphatic rings. The molecule has 0 bridgehead atoms. The van der Waals surface area contributed by atoms with E-state index in [0.29, 0.717) is 13.0 Å². The lowest BCUT2D eigenvalue weighted by atomic mass is 10.3. The number of aliphatic hydroxyl groups is 2. The van der Waals surface area contributed by atoms with Crippen LogP contribution in [0.1, 0.15) is 20.3 Å². The molecule has 0 radical (unpaired) electrons. The average molecular weight is 178 g/mol. The van der Waals surface area contributed by atoms with Crippen LogP contribution in [0.2, 0.25) is 0 Å². The topological polar surface area (TPSA) is 58.9 Å². The van der Waals surface area contributed by atoms with E-state index in [2.05, 4.69) is 0 Å². The fourth-order valence-electron chi connectivity index (χ4n) is 0.891. The Morgan fingerprint density at radius 2 is 2.00 bits per heavy atom. The highest BCUT2D eigenvalue weighted by atomic mass is 16.7. The molecule has 4 heteroatoms. The third-order valence-electron chi connectivity index (χ3n) is 1.44. The molecule has 0 saturated carbocycles. The summed E-state index contributed by atoms with van der Waals surface area (Å²) < 4.78 is 10.4. The third-order valence-corrected chi connectivity index (χ3v) is 1.44. The lowest BCUT2D eigenvalue weighted by molar-refractivity contribution is -0.168. The van der Waals surface area contributed by atoms with Crippen LogP contribution in [-0.2, 0) is 9.47 Å². The maximum absolute atomic E-state index is 8.78. The first-order valence-electron chi connectivity index (χ1n) is 4.23. The summed E-state index contributed by atoms with van der Waals surface area (Å²) in [5, 5.41) is 17.4. The van der Waals surface area contributed by atoms with Crippen LogP contribution in [-0.4, -0.2) is 42.4 Å². The summed E-state index contributed by atoms with van der Waals surface area (Å²) >= 11 is 0. The van der Waals surface area contributed by atoms with Crippen LogP contribution in [0.5, 0.6) is 0 Å². The van der Waals surface area contributed by atoms with Gasteiger partial charge in [-0.1, -0.05) is 0 Å². The van der Waals surface area contributed by atoms with Gasteiger partial charge in [-0.3, -0.25) is 0 Å². The van der Waals surface area contributed by atoms with Gasteiger partial charge < -0.3 is 19.7 Å². The van der Waals surface area contributed by atoms with Gasteiger partial charge in [-0.15, -0.1) is 0 Å². The minimum Gasteiger partial charge on any atom is -0.396 e. The van der Waals surface area contributed by atoms with Crippen LogP contribution < -0.4 is 0 Å². The van der Waals surface area contributed by atoms with E-state index in [1.807, 2.05) is 6.92 Å². The van der Waals surface area contributed by atoms with Gasteiger partial charge in [-0.25, -0.2) is 0 Å². The number of hydrogen-bond acceptors (Lipinski definition) is 4. The van der Waals surface area contributed by atoms with Crippen molar-refractivity contribution in [3.63, 3.8) is 0 Å². The molecule has 0 amide bonds. The van der Waals surface area contributed by atoms with Crippen molar-refractivity contribution in [1.29, 1.82) is 0 Å². The van der Waals surface area contributed by atoms with E-state index in [-0.39, 0.29) is 25.6 Å². The number of hydrogen-bond donors (Lipinski definition) is 2. The van der Waals surface area contributed by atoms with E-state index in [9.17, 15) is 0 Å². The first-order chi connectivity index (χ1) is 5.74. The number of rotatable bonds is 7. The molecular weight excluding hydrogens is 160 g/mol. The maximum atomic E-state index is 8.78. The van der Waals surface area contributed by atoms with E-state index < -0.39 is 0 Å². The zero-order chi connectivity index (χ0) is 9.40. The molecule has 0 aliphatic heterocycles. The molecule has 0 aliphatic carbocycles. The lowest BCUT2D eigenvalue weighted by Crippen LogP contribution is -2.26. The molecule has 0 aromatic heterocycles. The van der Waals surface area contributed by atoms with Gasteiger partial charge in [-0.05, 0) is 20.3 Å². The molecule has 0 heterocycles. The van der Waals surface area contributed by atoms with Gasteiger partial charge in [0.1, 0.15) is 0 Å². The molecule has 0 aromatic rings. The second-order valence-corrected chi connectivity index (χ2v) is 2.48. The van der Waals surface area contributed by atoms with E-state index in [0.717, 1.165) is 0 Å². The monoisotopic (exact) mass is 178 g/mol. The molecule has 0 rings (SSSR count). The highest BCUT2D eigenvalue weighted by Crippen LogP contribution is 2.02. The van der Waals surface area contributed by atoms with Gasteiger partial charge in [-0.2, -0.15) is 0 Å². The lowest BCUT2D eigenvalue weighted by Gasteiger charge is -2.19. The highest BCUT2D eigenvalue weighted by Gasteiger charge is 2.11. The van der Waals surface area contributed by atoms with Crippen molar-refractivity contribution in [2.24, 2.45) is 0 Å². The van der Waals surface area contributed by atoms with Gasteiger partial charge in [0.2, 0.25) is 0 Å². The zero-order valence-electron chi connectivity index (χ0n) is 7.69. The van der Waals surface area contributed by atoms with Gasteiger partial charge in [0.15, 0.2) is 6.29 Å². The van der Waals surface area contributed by atoms with Crippen LogP contribution in [0.15, 0.2) is 0 Å². The Balaban J connectivity index is 3.53. The Labute approximate surface area is 73.1 Å². The van der Waals surface area contributed by atoms with Gasteiger partial charge in [0.05, 0.1) is 12.7 Å². The van der Waals surface area contributed by atoms with E-state index in [1.54, 1.807) is 6.92 Å². The Kier molecular flexibility index (Phi) is 7.39. The molecule has 0 saturated heterocycles. The summed E-state index contributed by atoms with van der Waals surface area (Å²) in [6.07, 6.45) is -0.205. The first kappa shape index (κ1) is 11.8. The van der Waals surface area contributed by atoms with Crippen molar-refractivity contribution in [1.82, 2.24) is 0 Å². The smallest absolute Gasteiger partial charge is 0.155 e. The van der Waals surface area contributed by atoms with Crippen molar-refractivity contribution < 1.29 is 19.7 Å². The van der Waals surface area contributed by atoms with E-state index in [4.69, 9.17) is 19.7 Å². The summed E-state index contributed by atoms with van der Waals surface area (Å²) in [4.78, 5) is 0. The Morgan fingerprint density at radius 3 is 2.42 bits per heavy atom. The minimum absolute atomic E-state index is 0.0179. The second-order valence-electron chi connectivity index (χ2n) is 2.48. The standard InChI is InChI=1S/C8H18O4/c1-3-11-7(2)12-8(6-10)4-5-9/h7-10H,3-6H2,1-2H3/t7?,8-/m0/s1. The SMILES string of the molecule is CCOC(C)O[C@H](CO)CCO. The maximum Gasteiger partial charge on any atom is 0.155 e. The number of aliphatic hydroxyl groups excluding tert-OH is 2. The van der Waals surface area contributed by atoms with Crippen molar-refractivity contribution in [2.75, 3.05) is 19.8 Å². The second kappa shape index (κ2) is 7.49. The average Bonchev–Trinajstić information content (AvgIpc) is 2.04. The molecule has 4 nitrogen and oxygen atoms in total. The number of ether oxygens (including phenoxy) is 2. The predicted molar refractivity (Wildman–Crippen MR) is 44.7 cm³/mol. The molecule has 12 heavy (non-hydrogen) atoms. The molecule has 0 aromatic carbocycles. The molecule has 0 fully saturated rings. The molecular formula is C8H18O4. The van der Waals surface area contributed by atoms with Crippen molar-refractivity contribution in [3.8, 4) is 0 Å². The summed E-state index contributed by atoms with van der Waals surface area (Å²) in [6, 6.07) is 0. The molecule has 2 atom stereocenters. The van der Waals surface area contributed by atoms with Crippen LogP contribution in [0, 0.1) is 0 Å². The quantitative estimate of drug-likeness (QED) is 0.544. The molecule has 2 N–H and O–H groups in total. The van der Waals surface area contributed by atoms with E-state index >= 15 is 0 Å². The Bertz CT molecular complexity index is 97.1. The molecule has 74 valence electrons. The Morgan fingerprint density at radius 1 is 1.33 bits per heavy atom. The van der Waals surface area contributed by atoms with Crippen molar-refractivity contribution >= 4 is 0 Å². The fourth-order valence-corrected chi connectivity index (χ4v) is 0.891. The van der Waals surface area contributed by atoms with Crippen LogP contribution in [0.3, 0.4) is 0 Å². The van der Waals surface area contributed by atoms with Crippen LogP contribution in [0.4, 0.5) is 0 Å². The minimum atomic E-state index is -0.323. The van der Waals surface area contributed by atoms with Gasteiger partial charge in [0.25, 0.3) is 0 Å². The normalized spacial score (nSPS) is 16.0.